The topological polar surface area (TPSA) is 28.2 Å². The fourth-order valence-corrected chi connectivity index (χ4v) is 2.18. The molecule has 2 aromatic rings. The Kier molecular flexibility index (Phi) is 5.56. The van der Waals surface area contributed by atoms with Crippen molar-refractivity contribution in [3.8, 4) is 0 Å². The molecule has 0 aliphatic heterocycles. The summed E-state index contributed by atoms with van der Waals surface area (Å²) in [7, 11) is 2.14. The van der Waals surface area contributed by atoms with E-state index in [-0.39, 0.29) is 0 Å². The van der Waals surface area contributed by atoms with Crippen LogP contribution in [0.4, 0.5) is 5.69 Å². The summed E-state index contributed by atoms with van der Waals surface area (Å²) in [5.74, 6) is 0. The minimum atomic E-state index is 0.304. The van der Waals surface area contributed by atoms with Gasteiger partial charge in [-0.25, -0.2) is 0 Å². The molecule has 0 bridgehead atoms. The number of benzene rings is 1. The first kappa shape index (κ1) is 14.5. The molecule has 0 saturated carbocycles. The number of para-hydroxylation sites is 1. The first-order valence-electron chi connectivity index (χ1n) is 7.18. The molecule has 0 amide bonds. The fraction of sp³-hybridized carbons (Fsp3) is 0.353. The van der Waals surface area contributed by atoms with Crippen LogP contribution in [0.5, 0.6) is 0 Å². The van der Waals surface area contributed by atoms with Gasteiger partial charge in [-0.1, -0.05) is 24.3 Å². The van der Waals surface area contributed by atoms with Crippen molar-refractivity contribution in [2.75, 3.05) is 25.0 Å². The van der Waals surface area contributed by atoms with Crippen LogP contribution in [0.15, 0.2) is 54.7 Å². The number of hydrogen-bond acceptors (Lipinski definition) is 3. The number of aromatic nitrogens is 1. The van der Waals surface area contributed by atoms with Crippen LogP contribution in [0.3, 0.4) is 0 Å². The summed E-state index contributed by atoms with van der Waals surface area (Å²) in [5, 5.41) is 3.52. The predicted octanol–water partition coefficient (Wildman–Crippen LogP) is 3.26. The standard InChI is InChI=1S/C17H23N3/c1-15(17-11-6-7-12-19-17)18-13-8-14-20(2)16-9-4-3-5-10-16/h3-7,9-12,15,18H,8,13-14H2,1-2H3. The van der Waals surface area contributed by atoms with Gasteiger partial charge >= 0.3 is 0 Å². The van der Waals surface area contributed by atoms with Crippen molar-refractivity contribution in [2.45, 2.75) is 19.4 Å². The quantitative estimate of drug-likeness (QED) is 0.782. The molecule has 106 valence electrons. The fourth-order valence-electron chi connectivity index (χ4n) is 2.18. The van der Waals surface area contributed by atoms with E-state index >= 15 is 0 Å². The lowest BCUT2D eigenvalue weighted by molar-refractivity contribution is 0.547. The number of anilines is 1. The van der Waals surface area contributed by atoms with Crippen LogP contribution in [0.1, 0.15) is 25.1 Å². The van der Waals surface area contributed by atoms with Gasteiger partial charge in [-0.3, -0.25) is 4.98 Å². The van der Waals surface area contributed by atoms with Gasteiger partial charge in [0.25, 0.3) is 0 Å². The molecule has 0 radical (unpaired) electrons. The summed E-state index contributed by atoms with van der Waals surface area (Å²) < 4.78 is 0. The minimum absolute atomic E-state index is 0.304. The molecule has 1 aromatic carbocycles. The van der Waals surface area contributed by atoms with Gasteiger partial charge in [0, 0.05) is 31.5 Å². The molecule has 1 aromatic heterocycles. The molecular formula is C17H23N3. The Bertz CT molecular complexity index is 437. The molecule has 1 heterocycles. The maximum absolute atomic E-state index is 4.37. The Labute approximate surface area is 121 Å². The van der Waals surface area contributed by atoms with Crippen LogP contribution in [-0.4, -0.2) is 25.1 Å². The van der Waals surface area contributed by atoms with Crippen LogP contribution >= 0.6 is 0 Å². The van der Waals surface area contributed by atoms with Crippen LogP contribution in [0.2, 0.25) is 0 Å². The van der Waals surface area contributed by atoms with Crippen molar-refractivity contribution in [1.29, 1.82) is 0 Å². The molecule has 0 aliphatic rings. The first-order valence-corrected chi connectivity index (χ1v) is 7.18. The molecule has 0 spiro atoms. The highest BCUT2D eigenvalue weighted by Gasteiger charge is 2.05. The van der Waals surface area contributed by atoms with Crippen LogP contribution < -0.4 is 10.2 Å². The summed E-state index contributed by atoms with van der Waals surface area (Å²) in [5.41, 5.74) is 2.37. The van der Waals surface area contributed by atoms with Crippen molar-refractivity contribution >= 4 is 5.69 Å². The van der Waals surface area contributed by atoms with Crippen molar-refractivity contribution in [3.05, 3.63) is 60.4 Å². The minimum Gasteiger partial charge on any atom is -0.375 e. The predicted molar refractivity (Wildman–Crippen MR) is 85.0 cm³/mol. The number of nitrogens with one attached hydrogen (secondary N) is 1. The summed E-state index contributed by atoms with van der Waals surface area (Å²) in [6.45, 7) is 4.20. The highest BCUT2D eigenvalue weighted by molar-refractivity contribution is 5.44. The van der Waals surface area contributed by atoms with Gasteiger partial charge < -0.3 is 10.2 Å². The molecule has 2 rings (SSSR count). The zero-order chi connectivity index (χ0) is 14.2. The first-order chi connectivity index (χ1) is 9.77. The molecule has 3 heteroatoms. The van der Waals surface area contributed by atoms with E-state index in [1.165, 1.54) is 5.69 Å². The van der Waals surface area contributed by atoms with Gasteiger partial charge in [-0.05, 0) is 44.2 Å². The second kappa shape index (κ2) is 7.65. The van der Waals surface area contributed by atoms with Crippen molar-refractivity contribution in [2.24, 2.45) is 0 Å². The molecule has 20 heavy (non-hydrogen) atoms. The second-order valence-electron chi connectivity index (χ2n) is 5.04. The Balaban J connectivity index is 1.69. The monoisotopic (exact) mass is 269 g/mol. The highest BCUT2D eigenvalue weighted by atomic mass is 15.1. The maximum atomic E-state index is 4.37. The lowest BCUT2D eigenvalue weighted by Crippen LogP contribution is -2.25. The third-order valence-electron chi connectivity index (χ3n) is 3.45. The largest absolute Gasteiger partial charge is 0.375 e. The smallest absolute Gasteiger partial charge is 0.0570 e. The lowest BCUT2D eigenvalue weighted by Gasteiger charge is -2.20. The van der Waals surface area contributed by atoms with E-state index in [0.29, 0.717) is 6.04 Å². The van der Waals surface area contributed by atoms with Crippen molar-refractivity contribution in [3.63, 3.8) is 0 Å². The summed E-state index contributed by atoms with van der Waals surface area (Å²) in [6, 6.07) is 16.8. The van der Waals surface area contributed by atoms with Gasteiger partial charge in [0.1, 0.15) is 0 Å². The van der Waals surface area contributed by atoms with Crippen LogP contribution in [0.25, 0.3) is 0 Å². The average Bonchev–Trinajstić information content (AvgIpc) is 2.53. The SMILES string of the molecule is CC(NCCCN(C)c1ccccc1)c1ccccn1. The van der Waals surface area contributed by atoms with E-state index in [0.717, 1.165) is 25.2 Å². The average molecular weight is 269 g/mol. The molecule has 0 aliphatic carbocycles. The normalized spacial score (nSPS) is 12.1. The molecule has 1 N–H and O–H groups in total. The summed E-state index contributed by atoms with van der Waals surface area (Å²) >= 11 is 0. The molecular weight excluding hydrogens is 246 g/mol. The number of hydrogen-bond donors (Lipinski definition) is 1. The summed E-state index contributed by atoms with van der Waals surface area (Å²) in [6.07, 6.45) is 2.96. The highest BCUT2D eigenvalue weighted by Crippen LogP contribution is 2.11. The van der Waals surface area contributed by atoms with Gasteiger partial charge in [-0.2, -0.15) is 0 Å². The van der Waals surface area contributed by atoms with Gasteiger partial charge in [0.15, 0.2) is 0 Å². The molecule has 3 nitrogen and oxygen atoms in total. The third kappa shape index (κ3) is 4.35. The van der Waals surface area contributed by atoms with Gasteiger partial charge in [-0.15, -0.1) is 0 Å². The maximum Gasteiger partial charge on any atom is 0.0570 e. The Hall–Kier alpha value is -1.87. The van der Waals surface area contributed by atoms with Crippen molar-refractivity contribution < 1.29 is 0 Å². The number of pyridine rings is 1. The third-order valence-corrected chi connectivity index (χ3v) is 3.45. The molecule has 1 unspecified atom stereocenters. The second-order valence-corrected chi connectivity index (χ2v) is 5.04. The van der Waals surface area contributed by atoms with Crippen molar-refractivity contribution in [1.82, 2.24) is 10.3 Å². The van der Waals surface area contributed by atoms with E-state index in [9.17, 15) is 0 Å². The van der Waals surface area contributed by atoms with E-state index in [2.05, 4.69) is 59.5 Å². The van der Waals surface area contributed by atoms with E-state index in [4.69, 9.17) is 0 Å². The Morgan fingerprint density at radius 2 is 1.85 bits per heavy atom. The number of nitrogens with zero attached hydrogens (tertiary/aromatic N) is 2. The Morgan fingerprint density at radius 1 is 1.10 bits per heavy atom. The van der Waals surface area contributed by atoms with Crippen LogP contribution in [-0.2, 0) is 0 Å². The van der Waals surface area contributed by atoms with Gasteiger partial charge in [0.05, 0.1) is 5.69 Å². The molecule has 0 fully saturated rings. The Morgan fingerprint density at radius 3 is 2.55 bits per heavy atom. The zero-order valence-electron chi connectivity index (χ0n) is 12.3. The van der Waals surface area contributed by atoms with Gasteiger partial charge in [0.2, 0.25) is 0 Å². The van der Waals surface area contributed by atoms with E-state index in [1.807, 2.05) is 24.4 Å². The van der Waals surface area contributed by atoms with E-state index < -0.39 is 0 Å². The van der Waals surface area contributed by atoms with E-state index in [1.54, 1.807) is 0 Å². The molecule has 0 saturated heterocycles. The zero-order valence-corrected chi connectivity index (χ0v) is 12.3. The van der Waals surface area contributed by atoms with Crippen LogP contribution in [0, 0.1) is 0 Å². The lowest BCUT2D eigenvalue weighted by atomic mass is 10.2. The summed E-state index contributed by atoms with van der Waals surface area (Å²) in [4.78, 5) is 6.65. The molecule has 1 atom stereocenters. The number of rotatable bonds is 7.